The molecule has 0 fully saturated rings. The predicted molar refractivity (Wildman–Crippen MR) is 122 cm³/mol. The third kappa shape index (κ3) is 6.70. The molecule has 0 aliphatic carbocycles. The molecule has 0 rings (SSSR count). The summed E-state index contributed by atoms with van der Waals surface area (Å²) in [6.07, 6.45) is -13.5. The first-order chi connectivity index (χ1) is 21.0. The number of hydrogen-bond acceptors (Lipinski definition) is 4. The summed E-state index contributed by atoms with van der Waals surface area (Å²) in [4.78, 5) is 26.4. The van der Waals surface area contributed by atoms with E-state index in [-0.39, 0.29) is 0 Å². The lowest BCUT2D eigenvalue weighted by Crippen LogP contribution is -2.72. The van der Waals surface area contributed by atoms with Crippen molar-refractivity contribution in [2.75, 3.05) is 0 Å². The highest BCUT2D eigenvalue weighted by Gasteiger charge is 2.92. The summed E-state index contributed by atoms with van der Waals surface area (Å²) in [5.41, 5.74) is 0. The molecule has 0 aliphatic heterocycles. The van der Waals surface area contributed by atoms with Crippen LogP contribution in [-0.4, -0.2) is 89.0 Å². The van der Waals surface area contributed by atoms with Crippen LogP contribution in [0, 0.1) is 0 Å². The monoisotopic (exact) mass is 954 g/mol. The Labute approximate surface area is 297 Å². The molecule has 0 saturated heterocycles. The SMILES string of the molecule is O=C(OOC(=O)C(F)(F)C(F)(F)C(F)(F)C(F)(F)C(Cl)(Cl)C(Cl)(Cl)C(F)(F)F)C(F)(F)C(F)(F)C(F)(F)C(F)(F)C(Cl)(Cl)C(Cl)(Cl)C(F)(F)F. The van der Waals surface area contributed by atoms with Gasteiger partial charge in [0.1, 0.15) is 0 Å². The number of alkyl halides is 30. The number of hydrogen-bond donors (Lipinski definition) is 0. The Bertz CT molecular complexity index is 1210. The lowest BCUT2D eigenvalue weighted by molar-refractivity contribution is -0.382. The summed E-state index contributed by atoms with van der Waals surface area (Å²) >= 11 is 34.3. The number of carbonyl (C=O) groups is 2. The molecule has 0 aromatic carbocycles. The van der Waals surface area contributed by atoms with E-state index in [1.54, 1.807) is 0 Å². The summed E-state index contributed by atoms with van der Waals surface area (Å²) in [5, 5.41) is 0. The van der Waals surface area contributed by atoms with Gasteiger partial charge in [-0.25, -0.2) is 19.4 Å². The van der Waals surface area contributed by atoms with E-state index in [0.29, 0.717) is 0 Å². The van der Waals surface area contributed by atoms with Crippen LogP contribution in [0.25, 0.3) is 0 Å². The van der Waals surface area contributed by atoms with Crippen molar-refractivity contribution in [3.05, 3.63) is 0 Å². The maximum atomic E-state index is 14.2. The van der Waals surface area contributed by atoms with Crippen molar-refractivity contribution in [1.82, 2.24) is 0 Å². The van der Waals surface area contributed by atoms with Crippen LogP contribution in [0.3, 0.4) is 0 Å². The van der Waals surface area contributed by atoms with Gasteiger partial charge in [-0.05, 0) is 0 Å². The maximum absolute atomic E-state index is 14.2. The van der Waals surface area contributed by atoms with Gasteiger partial charge in [0, 0.05) is 0 Å². The van der Waals surface area contributed by atoms with Gasteiger partial charge in [-0.15, -0.1) is 0 Å². The summed E-state index contributed by atoms with van der Waals surface area (Å²) in [6.45, 7) is 0. The summed E-state index contributed by atoms with van der Waals surface area (Å²) < 4.78 is 278. The number of carbonyl (C=O) groups excluding carboxylic acids is 2. The smallest absolute Gasteiger partial charge is 0.240 e. The second-order valence-corrected chi connectivity index (χ2v) is 13.9. The normalized spacial score (nSPS) is 16.4. The molecule has 298 valence electrons. The topological polar surface area (TPSA) is 52.6 Å². The lowest BCUT2D eigenvalue weighted by Gasteiger charge is -2.44. The van der Waals surface area contributed by atoms with Crippen LogP contribution in [0.15, 0.2) is 0 Å². The zero-order chi connectivity index (χ0) is 41.6. The Morgan fingerprint density at radius 2 is 0.480 bits per heavy atom. The van der Waals surface area contributed by atoms with Gasteiger partial charge in [-0.2, -0.15) is 96.6 Å². The van der Waals surface area contributed by atoms with E-state index in [2.05, 4.69) is 92.8 Å². The van der Waals surface area contributed by atoms with Crippen molar-refractivity contribution in [1.29, 1.82) is 0 Å². The molecule has 50 heavy (non-hydrogen) atoms. The Morgan fingerprint density at radius 1 is 0.300 bits per heavy atom. The first-order valence-corrected chi connectivity index (χ1v) is 13.2. The predicted octanol–water partition coefficient (Wildman–Crippen LogP) is 10.9. The van der Waals surface area contributed by atoms with E-state index in [9.17, 15) is 106 Å². The van der Waals surface area contributed by atoms with Crippen LogP contribution >= 0.6 is 92.8 Å². The highest BCUT2D eigenvalue weighted by Crippen LogP contribution is 2.67. The molecule has 0 bridgehead atoms. The Kier molecular flexibility index (Phi) is 13.1. The van der Waals surface area contributed by atoms with E-state index >= 15 is 0 Å². The molecule has 0 unspecified atom stereocenters. The highest BCUT2D eigenvalue weighted by molar-refractivity contribution is 6.64. The van der Waals surface area contributed by atoms with Crippen LogP contribution < -0.4 is 0 Å². The van der Waals surface area contributed by atoms with Gasteiger partial charge in [0.15, 0.2) is 0 Å². The molecule has 0 aromatic heterocycles. The molecule has 0 aliphatic rings. The van der Waals surface area contributed by atoms with Gasteiger partial charge < -0.3 is 0 Å². The fraction of sp³-hybridized carbons (Fsp3) is 0.875. The average molecular weight is 958 g/mol. The molecule has 0 aromatic rings. The van der Waals surface area contributed by atoms with E-state index in [0.717, 1.165) is 0 Å². The quantitative estimate of drug-likeness (QED) is 0.0847. The second-order valence-electron chi connectivity index (χ2n) is 8.63. The molecule has 0 spiro atoms. The van der Waals surface area contributed by atoms with Crippen LogP contribution in [-0.2, 0) is 19.4 Å². The molecular formula is C16Cl8F22O4. The third-order valence-electron chi connectivity index (χ3n) is 5.36. The second kappa shape index (κ2) is 13.2. The maximum Gasteiger partial charge on any atom is 0.431 e. The molecule has 0 radical (unpaired) electrons. The van der Waals surface area contributed by atoms with E-state index in [4.69, 9.17) is 0 Å². The van der Waals surface area contributed by atoms with Crippen molar-refractivity contribution in [3.8, 4) is 0 Å². The van der Waals surface area contributed by atoms with Crippen molar-refractivity contribution in [3.63, 3.8) is 0 Å². The largest absolute Gasteiger partial charge is 0.431 e. The standard InChI is InChI=1S/C16Cl8F22O4/c17-5(18,7(21,22)15(41,42)43)11(33,34)13(37,38)9(29,30)3(25,26)1(47)49-50-2(48)4(27,28)10(31,32)14(39,40)12(35,36)6(19,20)8(23,24)16(44,45)46. The Morgan fingerprint density at radius 3 is 0.640 bits per heavy atom. The molecule has 0 N–H and O–H groups in total. The van der Waals surface area contributed by atoms with Gasteiger partial charge in [0.05, 0.1) is 0 Å². The molecule has 34 heteroatoms. The molecule has 0 saturated carbocycles. The first-order valence-electron chi connectivity index (χ1n) is 10.2. The minimum atomic E-state index is -8.34. The van der Waals surface area contributed by atoms with Crippen LogP contribution in [0.5, 0.6) is 0 Å². The Hall–Kier alpha value is -0.280. The van der Waals surface area contributed by atoms with Crippen LogP contribution in [0.2, 0.25) is 0 Å². The van der Waals surface area contributed by atoms with E-state index in [1.165, 1.54) is 0 Å². The Balaban J connectivity index is 6.71. The van der Waals surface area contributed by atoms with Gasteiger partial charge >= 0.3 is 71.7 Å². The first kappa shape index (κ1) is 49.7. The summed E-state index contributed by atoms with van der Waals surface area (Å²) in [7, 11) is 0. The van der Waals surface area contributed by atoms with Gasteiger partial charge in [-0.1, -0.05) is 92.8 Å². The minimum absolute atomic E-state index is 2.03. The van der Waals surface area contributed by atoms with E-state index in [1.807, 2.05) is 9.78 Å². The highest BCUT2D eigenvalue weighted by atomic mass is 35.5. The fourth-order valence-corrected chi connectivity index (χ4v) is 3.75. The molecule has 0 atom stereocenters. The van der Waals surface area contributed by atoms with Crippen LogP contribution in [0.1, 0.15) is 0 Å². The minimum Gasteiger partial charge on any atom is -0.240 e. The summed E-state index contributed by atoms with van der Waals surface area (Å²) in [6, 6.07) is 0. The zero-order valence-electron chi connectivity index (χ0n) is 21.0. The van der Waals surface area contributed by atoms with Crippen molar-refractivity contribution >= 4 is 105 Å². The van der Waals surface area contributed by atoms with E-state index < -0.39 is 89.0 Å². The molecule has 0 heterocycles. The van der Waals surface area contributed by atoms with Gasteiger partial charge in [0.25, 0.3) is 8.67 Å². The molecular weight excluding hydrogens is 958 g/mol. The van der Waals surface area contributed by atoms with Crippen molar-refractivity contribution < 1.29 is 116 Å². The number of rotatable bonds is 12. The fourth-order valence-electron chi connectivity index (χ4n) is 2.37. The van der Waals surface area contributed by atoms with Gasteiger partial charge in [0.2, 0.25) is 8.67 Å². The van der Waals surface area contributed by atoms with Crippen molar-refractivity contribution in [2.45, 2.75) is 77.1 Å². The van der Waals surface area contributed by atoms with Gasteiger partial charge in [-0.3, -0.25) is 0 Å². The van der Waals surface area contributed by atoms with Crippen LogP contribution in [0.4, 0.5) is 96.6 Å². The zero-order valence-corrected chi connectivity index (χ0v) is 27.0. The number of halogens is 30. The third-order valence-corrected chi connectivity index (χ3v) is 10.2. The molecule has 0 amide bonds. The molecule has 4 nitrogen and oxygen atoms in total. The lowest BCUT2D eigenvalue weighted by atomic mass is 9.94. The average Bonchev–Trinajstić information content (AvgIpc) is 2.88. The summed E-state index contributed by atoms with van der Waals surface area (Å²) in [5.74, 6) is -74.4. The van der Waals surface area contributed by atoms with Crippen molar-refractivity contribution in [2.24, 2.45) is 0 Å².